The fourth-order valence-corrected chi connectivity index (χ4v) is 2.33. The van der Waals surface area contributed by atoms with Crippen LogP contribution in [0.5, 0.6) is 0 Å². The number of hydrogen-bond donors (Lipinski definition) is 1. The monoisotopic (exact) mass is 248 g/mol. The fourth-order valence-electron chi connectivity index (χ4n) is 2.23. The van der Waals surface area contributed by atoms with Crippen LogP contribution in [0.2, 0.25) is 0 Å². The van der Waals surface area contributed by atoms with Gasteiger partial charge in [-0.2, -0.15) is 0 Å². The van der Waals surface area contributed by atoms with Crippen molar-refractivity contribution < 1.29 is 4.79 Å². The van der Waals surface area contributed by atoms with E-state index in [1.54, 1.807) is 6.92 Å². The Hall–Kier alpha value is -1.42. The van der Waals surface area contributed by atoms with Crippen LogP contribution in [0.3, 0.4) is 0 Å². The van der Waals surface area contributed by atoms with E-state index in [1.165, 1.54) is 5.56 Å². The number of amides is 1. The predicted molar refractivity (Wildman–Crippen MR) is 73.0 cm³/mol. The van der Waals surface area contributed by atoms with E-state index in [0.29, 0.717) is 0 Å². The van der Waals surface area contributed by atoms with Crippen molar-refractivity contribution in [1.29, 1.82) is 0 Å². The molecule has 0 fully saturated rings. The molecule has 90 valence electrons. The smallest absolute Gasteiger partial charge is 0.236 e. The second-order valence-electron chi connectivity index (χ2n) is 4.51. The summed E-state index contributed by atoms with van der Waals surface area (Å²) in [6.07, 6.45) is 0.895. The molecule has 0 radical (unpaired) electrons. The van der Waals surface area contributed by atoms with Gasteiger partial charge in [0.2, 0.25) is 5.91 Å². The van der Waals surface area contributed by atoms with Crippen LogP contribution in [-0.4, -0.2) is 16.9 Å². The number of nitrogens with two attached hydrogens (primary N) is 1. The van der Waals surface area contributed by atoms with Crippen LogP contribution in [0.4, 0.5) is 5.69 Å². The van der Waals surface area contributed by atoms with Crippen LogP contribution in [0, 0.1) is 5.92 Å². The number of rotatable bonds is 2. The average molecular weight is 248 g/mol. The highest BCUT2D eigenvalue weighted by atomic mass is 32.1. The van der Waals surface area contributed by atoms with Crippen LogP contribution in [0.25, 0.3) is 0 Å². The summed E-state index contributed by atoms with van der Waals surface area (Å²) < 4.78 is 0. The molecule has 1 aliphatic heterocycles. The standard InChI is InChI=1S/C13H16N2OS/c1-8-7-10-5-3-4-6-11(10)15(8)13(16)9(2)12(14)17/h3-6,8-9H,7H2,1-2H3,(H2,14,17). The normalized spacial score (nSPS) is 19.9. The Morgan fingerprint density at radius 2 is 2.18 bits per heavy atom. The van der Waals surface area contributed by atoms with E-state index >= 15 is 0 Å². The molecule has 0 saturated heterocycles. The minimum absolute atomic E-state index is 0.00468. The summed E-state index contributed by atoms with van der Waals surface area (Å²) in [6, 6.07) is 8.16. The van der Waals surface area contributed by atoms with Crippen molar-refractivity contribution in [2.24, 2.45) is 11.7 Å². The Balaban J connectivity index is 2.33. The lowest BCUT2D eigenvalue weighted by Crippen LogP contribution is -2.42. The minimum Gasteiger partial charge on any atom is -0.393 e. The van der Waals surface area contributed by atoms with Gasteiger partial charge in [0, 0.05) is 11.7 Å². The maximum atomic E-state index is 12.3. The van der Waals surface area contributed by atoms with Gasteiger partial charge in [0.15, 0.2) is 0 Å². The Morgan fingerprint density at radius 1 is 1.53 bits per heavy atom. The summed E-state index contributed by atoms with van der Waals surface area (Å²) in [5.41, 5.74) is 7.76. The summed E-state index contributed by atoms with van der Waals surface area (Å²) >= 11 is 4.90. The first-order chi connectivity index (χ1) is 8.02. The van der Waals surface area contributed by atoms with Crippen LogP contribution < -0.4 is 10.6 Å². The molecule has 2 N–H and O–H groups in total. The molecule has 1 amide bonds. The van der Waals surface area contributed by atoms with Crippen molar-refractivity contribution >= 4 is 28.8 Å². The first kappa shape index (κ1) is 12.0. The van der Waals surface area contributed by atoms with E-state index in [0.717, 1.165) is 12.1 Å². The van der Waals surface area contributed by atoms with Gasteiger partial charge in [0.25, 0.3) is 0 Å². The molecule has 0 aromatic heterocycles. The minimum atomic E-state index is -0.404. The van der Waals surface area contributed by atoms with Gasteiger partial charge in [0.05, 0.1) is 10.9 Å². The number of hydrogen-bond acceptors (Lipinski definition) is 2. The molecule has 1 heterocycles. The Labute approximate surface area is 107 Å². The molecule has 0 spiro atoms. The van der Waals surface area contributed by atoms with Crippen LogP contribution in [0.1, 0.15) is 19.4 Å². The zero-order valence-corrected chi connectivity index (χ0v) is 10.8. The Bertz CT molecular complexity index is 472. The highest BCUT2D eigenvalue weighted by molar-refractivity contribution is 7.80. The second-order valence-corrected chi connectivity index (χ2v) is 4.99. The van der Waals surface area contributed by atoms with E-state index in [-0.39, 0.29) is 16.9 Å². The topological polar surface area (TPSA) is 46.3 Å². The Morgan fingerprint density at radius 3 is 2.82 bits per heavy atom. The van der Waals surface area contributed by atoms with Gasteiger partial charge in [-0.1, -0.05) is 30.4 Å². The molecule has 0 bridgehead atoms. The van der Waals surface area contributed by atoms with Gasteiger partial charge in [-0.05, 0) is 31.9 Å². The summed E-state index contributed by atoms with van der Waals surface area (Å²) in [6.45, 7) is 3.81. The van der Waals surface area contributed by atoms with Crippen LogP contribution in [-0.2, 0) is 11.2 Å². The highest BCUT2D eigenvalue weighted by Crippen LogP contribution is 2.32. The first-order valence-corrected chi connectivity index (χ1v) is 6.13. The summed E-state index contributed by atoms with van der Waals surface area (Å²) in [5.74, 6) is -0.409. The van der Waals surface area contributed by atoms with Gasteiger partial charge in [-0.25, -0.2) is 0 Å². The van der Waals surface area contributed by atoms with Crippen molar-refractivity contribution in [3.8, 4) is 0 Å². The molecule has 2 rings (SSSR count). The third-order valence-electron chi connectivity index (χ3n) is 3.24. The second kappa shape index (κ2) is 4.45. The predicted octanol–water partition coefficient (Wildman–Crippen LogP) is 1.89. The molecule has 17 heavy (non-hydrogen) atoms. The number of nitrogens with zero attached hydrogens (tertiary/aromatic N) is 1. The SMILES string of the molecule is CC(C(=O)N1c2ccccc2CC1C)C(N)=S. The quantitative estimate of drug-likeness (QED) is 0.813. The van der Waals surface area contributed by atoms with Crippen molar-refractivity contribution in [3.05, 3.63) is 29.8 Å². The lowest BCUT2D eigenvalue weighted by atomic mass is 10.1. The molecule has 4 heteroatoms. The van der Waals surface area contributed by atoms with Gasteiger partial charge < -0.3 is 10.6 Å². The Kier molecular flexibility index (Phi) is 3.15. The van der Waals surface area contributed by atoms with E-state index in [1.807, 2.05) is 30.0 Å². The van der Waals surface area contributed by atoms with Crippen molar-refractivity contribution in [3.63, 3.8) is 0 Å². The molecule has 0 saturated carbocycles. The zero-order valence-electron chi connectivity index (χ0n) is 10.0. The lowest BCUT2D eigenvalue weighted by Gasteiger charge is -2.25. The largest absolute Gasteiger partial charge is 0.393 e. The molecular weight excluding hydrogens is 232 g/mol. The third-order valence-corrected chi connectivity index (χ3v) is 3.60. The molecule has 2 atom stereocenters. The summed E-state index contributed by atoms with van der Waals surface area (Å²) in [7, 11) is 0. The van der Waals surface area contributed by atoms with E-state index in [9.17, 15) is 4.79 Å². The van der Waals surface area contributed by atoms with Gasteiger partial charge in [-0.3, -0.25) is 4.79 Å². The third kappa shape index (κ3) is 2.05. The number of carbonyl (C=O) groups is 1. The maximum absolute atomic E-state index is 12.3. The zero-order chi connectivity index (χ0) is 12.6. The van der Waals surface area contributed by atoms with Crippen molar-refractivity contribution in [2.75, 3.05) is 4.90 Å². The number of carbonyl (C=O) groups excluding carboxylic acids is 1. The van der Waals surface area contributed by atoms with Crippen molar-refractivity contribution in [1.82, 2.24) is 0 Å². The van der Waals surface area contributed by atoms with E-state index in [2.05, 4.69) is 6.07 Å². The average Bonchev–Trinajstić information content (AvgIpc) is 2.62. The van der Waals surface area contributed by atoms with Gasteiger partial charge in [-0.15, -0.1) is 0 Å². The number of para-hydroxylation sites is 1. The molecule has 0 aliphatic carbocycles. The van der Waals surface area contributed by atoms with E-state index < -0.39 is 5.92 Å². The van der Waals surface area contributed by atoms with Crippen LogP contribution in [0.15, 0.2) is 24.3 Å². The number of benzene rings is 1. The molecule has 1 aliphatic rings. The van der Waals surface area contributed by atoms with Crippen LogP contribution >= 0.6 is 12.2 Å². The lowest BCUT2D eigenvalue weighted by molar-refractivity contribution is -0.120. The van der Waals surface area contributed by atoms with Gasteiger partial charge >= 0.3 is 0 Å². The highest BCUT2D eigenvalue weighted by Gasteiger charge is 2.33. The molecule has 3 nitrogen and oxygen atoms in total. The molecule has 1 aromatic carbocycles. The van der Waals surface area contributed by atoms with Crippen molar-refractivity contribution in [2.45, 2.75) is 26.3 Å². The number of fused-ring (bicyclic) bond motifs is 1. The fraction of sp³-hybridized carbons (Fsp3) is 0.385. The summed E-state index contributed by atoms with van der Waals surface area (Å²) in [4.78, 5) is 14.4. The van der Waals surface area contributed by atoms with E-state index in [4.69, 9.17) is 18.0 Å². The summed E-state index contributed by atoms with van der Waals surface area (Å²) in [5, 5.41) is 0. The maximum Gasteiger partial charge on any atom is 0.236 e. The number of anilines is 1. The first-order valence-electron chi connectivity index (χ1n) is 5.72. The molecular formula is C13H16N2OS. The molecule has 1 aromatic rings. The van der Waals surface area contributed by atoms with Gasteiger partial charge in [0.1, 0.15) is 0 Å². The number of thiocarbonyl (C=S) groups is 1. The molecule has 2 unspecified atom stereocenters.